The molecule has 5 heterocycles. The van der Waals surface area contributed by atoms with Crippen molar-refractivity contribution in [3.05, 3.63) is 75.2 Å². The number of likely N-dealkylation sites (N-methyl/N-ethyl adjacent to an activating group) is 2. The van der Waals surface area contributed by atoms with Crippen LogP contribution >= 0.6 is 0 Å². The van der Waals surface area contributed by atoms with E-state index >= 15 is 0 Å². The van der Waals surface area contributed by atoms with E-state index < -0.39 is 5.97 Å². The van der Waals surface area contributed by atoms with Crippen LogP contribution in [0.2, 0.25) is 0 Å². The maximum absolute atomic E-state index is 14.0. The number of aryl methyl sites for hydroxylation is 1. The number of nitrogens with two attached hydrogens (primary N) is 1. The number of H-pyrrole nitrogens is 1. The Labute approximate surface area is 280 Å². The van der Waals surface area contributed by atoms with Gasteiger partial charge in [0.05, 0.1) is 37.6 Å². The number of hydrogen-bond donors (Lipinski definition) is 2. The zero-order valence-corrected chi connectivity index (χ0v) is 28.6. The third kappa shape index (κ3) is 6.52. The van der Waals surface area contributed by atoms with Crippen LogP contribution in [0.5, 0.6) is 0 Å². The first-order valence-corrected chi connectivity index (χ1v) is 16.3. The molecular formula is C35H45N8O5+. The molecule has 0 saturated carbocycles. The number of rotatable bonds is 10. The number of fused-ring (bicyclic) bond motifs is 3. The van der Waals surface area contributed by atoms with Gasteiger partial charge in [-0.15, -0.1) is 0 Å². The van der Waals surface area contributed by atoms with Crippen LogP contribution in [0.25, 0.3) is 11.1 Å². The largest absolute Gasteiger partial charge is 0.461 e. The molecule has 3 aliphatic rings. The van der Waals surface area contributed by atoms with Crippen molar-refractivity contribution < 1.29 is 24.0 Å². The zero-order valence-electron chi connectivity index (χ0n) is 28.6. The average Bonchev–Trinajstić information content (AvgIpc) is 3.49. The van der Waals surface area contributed by atoms with Gasteiger partial charge in [0.2, 0.25) is 0 Å². The summed E-state index contributed by atoms with van der Waals surface area (Å²) < 4.78 is 14.4. The first-order chi connectivity index (χ1) is 22.8. The number of anilines is 1. The molecule has 0 aromatic carbocycles. The van der Waals surface area contributed by atoms with Gasteiger partial charge in [-0.2, -0.15) is 4.90 Å². The summed E-state index contributed by atoms with van der Waals surface area (Å²) in [5, 5.41) is 3.16. The third-order valence-electron chi connectivity index (χ3n) is 9.43. The summed E-state index contributed by atoms with van der Waals surface area (Å²) in [7, 11) is 5.48. The van der Waals surface area contributed by atoms with Crippen LogP contribution in [-0.2, 0) is 47.3 Å². The molecule has 1 amide bonds. The number of esters is 1. The van der Waals surface area contributed by atoms with Gasteiger partial charge in [0.25, 0.3) is 11.4 Å². The third-order valence-corrected chi connectivity index (χ3v) is 9.43. The van der Waals surface area contributed by atoms with Crippen LogP contribution in [0.4, 0.5) is 11.5 Å². The smallest absolute Gasteiger partial charge is 0.357 e. The number of carbonyl (C=O) groups is 2. The summed E-state index contributed by atoms with van der Waals surface area (Å²) in [4.78, 5) is 50.9. The summed E-state index contributed by atoms with van der Waals surface area (Å²) in [6, 6.07) is 5.89. The molecule has 1 fully saturated rings. The highest BCUT2D eigenvalue weighted by molar-refractivity contribution is 6.06. The number of aromatic amines is 1. The van der Waals surface area contributed by atoms with Crippen LogP contribution < -0.4 is 26.5 Å². The average molecular weight is 658 g/mol. The number of amides is 1. The molecule has 3 aromatic rings. The minimum absolute atomic E-state index is 0.0791. The minimum Gasteiger partial charge on any atom is -0.461 e. The summed E-state index contributed by atoms with van der Waals surface area (Å²) in [6.45, 7) is 8.88. The molecule has 1 aliphatic carbocycles. The molecule has 4 N–H and O–H groups in total. The Morgan fingerprint density at radius 3 is 2.71 bits per heavy atom. The summed E-state index contributed by atoms with van der Waals surface area (Å²) in [5.74, 6) is 0.140. The van der Waals surface area contributed by atoms with E-state index in [2.05, 4.69) is 38.6 Å². The van der Waals surface area contributed by atoms with Crippen molar-refractivity contribution in [2.45, 2.75) is 52.8 Å². The van der Waals surface area contributed by atoms with Crippen LogP contribution in [0.1, 0.15) is 48.1 Å². The predicted octanol–water partition coefficient (Wildman–Crippen LogP) is 1.94. The number of nitrogens with one attached hydrogen (secondary N) is 2. The second kappa shape index (κ2) is 13.0. The van der Waals surface area contributed by atoms with Gasteiger partial charge >= 0.3 is 11.9 Å². The summed E-state index contributed by atoms with van der Waals surface area (Å²) >= 11 is 0. The Hall–Kier alpha value is -4.75. The van der Waals surface area contributed by atoms with E-state index in [1.165, 1.54) is 22.7 Å². The Balaban J connectivity index is 1.35. The van der Waals surface area contributed by atoms with E-state index in [1.54, 1.807) is 36.5 Å². The van der Waals surface area contributed by atoms with Crippen LogP contribution in [-0.4, -0.2) is 78.2 Å². The molecule has 48 heavy (non-hydrogen) atoms. The second-order valence-electron chi connectivity index (χ2n) is 13.7. The summed E-state index contributed by atoms with van der Waals surface area (Å²) in [6.07, 6.45) is 7.05. The van der Waals surface area contributed by atoms with Crippen LogP contribution in [0.3, 0.4) is 0 Å². The van der Waals surface area contributed by atoms with Gasteiger partial charge in [-0.25, -0.2) is 14.8 Å². The van der Waals surface area contributed by atoms with E-state index in [9.17, 15) is 14.4 Å². The molecule has 0 atom stereocenters. The lowest BCUT2D eigenvalue weighted by molar-refractivity contribution is -0.364. The second-order valence-corrected chi connectivity index (χ2v) is 13.7. The fourth-order valence-electron chi connectivity index (χ4n) is 6.82. The van der Waals surface area contributed by atoms with Gasteiger partial charge < -0.3 is 29.7 Å². The molecule has 254 valence electrons. The molecule has 6 rings (SSSR count). The van der Waals surface area contributed by atoms with E-state index in [0.717, 1.165) is 18.5 Å². The lowest BCUT2D eigenvalue weighted by Gasteiger charge is -2.35. The Morgan fingerprint density at radius 2 is 2.02 bits per heavy atom. The molecular weight excluding hydrogens is 612 g/mol. The first kappa shape index (κ1) is 33.2. The van der Waals surface area contributed by atoms with E-state index in [1.807, 2.05) is 26.2 Å². The topological polar surface area (TPSA) is 151 Å². The summed E-state index contributed by atoms with van der Waals surface area (Å²) in [5.41, 5.74) is 12.3. The van der Waals surface area contributed by atoms with Crippen LogP contribution in [0, 0.1) is 5.41 Å². The lowest BCUT2D eigenvalue weighted by atomic mass is 9.90. The van der Waals surface area contributed by atoms with Crippen molar-refractivity contribution in [3.63, 3.8) is 0 Å². The van der Waals surface area contributed by atoms with Crippen molar-refractivity contribution in [1.82, 2.24) is 19.4 Å². The lowest BCUT2D eigenvalue weighted by Crippen LogP contribution is -2.48. The number of aromatic nitrogens is 3. The fraction of sp³-hybridized carbons (Fsp3) is 0.457. The highest BCUT2D eigenvalue weighted by Gasteiger charge is 2.41. The first-order valence-electron chi connectivity index (χ1n) is 16.3. The Morgan fingerprint density at radius 1 is 1.25 bits per heavy atom. The van der Waals surface area contributed by atoms with E-state index in [4.69, 9.17) is 15.2 Å². The number of hydrogen-bond acceptors (Lipinski definition) is 8. The van der Waals surface area contributed by atoms with Crippen LogP contribution in [0.15, 0.2) is 52.2 Å². The molecule has 0 unspecified atom stereocenters. The molecule has 0 bridgehead atoms. The molecule has 13 nitrogen and oxygen atoms in total. The number of amidine groups is 1. The SMILES string of the molecule is CN/C(=C\C(N)=Nc1cc(-c2cc[nH+]c(N3CCn4c(cc5c4CC(C)(C)C5)C3=O)c2COC(C)=O)cn(C)c1=O)CN(C)C1COC1. The molecule has 1 saturated heterocycles. The number of pyridine rings is 2. The predicted molar refractivity (Wildman–Crippen MR) is 182 cm³/mol. The van der Waals surface area contributed by atoms with Crippen molar-refractivity contribution in [3.8, 4) is 11.1 Å². The number of carbonyl (C=O) groups excluding carboxylic acids is 2. The quantitative estimate of drug-likeness (QED) is 0.191. The molecule has 13 heteroatoms. The maximum Gasteiger partial charge on any atom is 0.357 e. The molecule has 2 aliphatic heterocycles. The highest BCUT2D eigenvalue weighted by Crippen LogP contribution is 2.40. The van der Waals surface area contributed by atoms with E-state index in [-0.39, 0.29) is 35.0 Å². The van der Waals surface area contributed by atoms with Crippen molar-refractivity contribution in [1.29, 1.82) is 0 Å². The standard InChI is InChI=1S/C35H44N8O5/c1-21(44)48-20-27-26(7-8-38-32(27)43-10-9-42-29(34(43)46)12-22-14-35(2,3)15-30(22)42)23-11-28(33(45)41(6)16-23)39-31(36)13-24(37-4)17-40(5)25-18-47-19-25/h7-8,11-13,16,25,37H,9-10,14-15,17-20H2,1-6H3,(H2,36,39)/p+1/b24-13-. The Kier molecular flexibility index (Phi) is 9.01. The van der Waals surface area contributed by atoms with Gasteiger partial charge in [0, 0.05) is 62.4 Å². The number of ether oxygens (including phenoxy) is 2. The molecule has 3 aromatic heterocycles. The van der Waals surface area contributed by atoms with Crippen molar-refractivity contribution in [2.24, 2.45) is 23.2 Å². The monoisotopic (exact) mass is 657 g/mol. The Bertz CT molecular complexity index is 1880. The van der Waals surface area contributed by atoms with Crippen molar-refractivity contribution in [2.75, 3.05) is 45.3 Å². The van der Waals surface area contributed by atoms with Gasteiger partial charge in [-0.05, 0) is 49.1 Å². The fourth-order valence-corrected chi connectivity index (χ4v) is 6.82. The minimum atomic E-state index is -0.449. The van der Waals surface area contributed by atoms with Gasteiger partial charge in [-0.1, -0.05) is 13.8 Å². The zero-order chi connectivity index (χ0) is 34.3. The van der Waals surface area contributed by atoms with Gasteiger partial charge in [0.1, 0.15) is 30.4 Å². The number of nitrogens with zero attached hydrogens (tertiary/aromatic N) is 5. The van der Waals surface area contributed by atoms with E-state index in [0.29, 0.717) is 67.1 Å². The molecule has 0 spiro atoms. The van der Waals surface area contributed by atoms with Crippen molar-refractivity contribution >= 4 is 29.2 Å². The maximum atomic E-state index is 14.0. The number of aliphatic imine (C=N–C) groups is 1. The molecule has 0 radical (unpaired) electrons. The van der Waals surface area contributed by atoms with Gasteiger partial charge in [0.15, 0.2) is 0 Å². The normalized spacial score (nSPS) is 17.7. The van der Waals surface area contributed by atoms with Gasteiger partial charge in [-0.3, -0.25) is 14.5 Å². The highest BCUT2D eigenvalue weighted by atomic mass is 16.5.